The molecule has 0 spiro atoms. The Kier molecular flexibility index (Phi) is 8.07. The number of ketones is 1. The topological polar surface area (TPSA) is 253 Å². The number of nitrogen functional groups attached to an aromatic ring is 1. The third kappa shape index (κ3) is 5.88. The van der Waals surface area contributed by atoms with E-state index in [-0.39, 0.29) is 12.2 Å². The van der Waals surface area contributed by atoms with Crippen LogP contribution in [0.3, 0.4) is 0 Å². The van der Waals surface area contributed by atoms with Crippen molar-refractivity contribution >= 4 is 30.6 Å². The zero-order valence-corrected chi connectivity index (χ0v) is 17.9. The van der Waals surface area contributed by atoms with Gasteiger partial charge in [-0.05, 0) is 0 Å². The number of ether oxygens (including phenoxy) is 1. The van der Waals surface area contributed by atoms with Gasteiger partial charge < -0.3 is 40.9 Å². The van der Waals surface area contributed by atoms with E-state index >= 15 is 0 Å². The number of carbonyl (C=O) groups is 1. The summed E-state index contributed by atoms with van der Waals surface area (Å²) in [7, 11) is -4.82. The van der Waals surface area contributed by atoms with Crippen molar-refractivity contribution in [1.82, 2.24) is 19.5 Å². The number of fused-ring (bicyclic) bond motifs is 1. The van der Waals surface area contributed by atoms with Crippen LogP contribution < -0.4 is 5.73 Å². The highest BCUT2D eigenvalue weighted by Gasteiger charge is 2.38. The van der Waals surface area contributed by atoms with E-state index in [1.165, 1.54) is 17.2 Å². The molecule has 2 unspecified atom stereocenters. The molecule has 0 saturated carbocycles. The van der Waals surface area contributed by atoms with Crippen LogP contribution in [-0.4, -0.2) is 106 Å². The second-order valence-corrected chi connectivity index (χ2v) is 8.66. The number of rotatable bonds is 11. The molecule has 0 amide bonds. The highest BCUT2D eigenvalue weighted by Crippen LogP contribution is 2.44. The molecule has 0 radical (unpaired) electrons. The van der Waals surface area contributed by atoms with Crippen LogP contribution >= 0.6 is 7.82 Å². The summed E-state index contributed by atoms with van der Waals surface area (Å²) in [5, 5.41) is 47.3. The molecule has 2 aromatic heterocycles. The number of hydrogen-bond donors (Lipinski definition) is 7. The highest BCUT2D eigenvalue weighted by atomic mass is 31.2. The Bertz CT molecular complexity index is 1020. The molecule has 33 heavy (non-hydrogen) atoms. The minimum Gasteiger partial charge on any atom is -0.394 e. The van der Waals surface area contributed by atoms with E-state index in [1.54, 1.807) is 0 Å². The quantitative estimate of drug-likeness (QED) is 0.152. The molecule has 0 aromatic carbocycles. The van der Waals surface area contributed by atoms with Crippen LogP contribution in [0.5, 0.6) is 0 Å². The molecule has 17 heteroatoms. The van der Waals surface area contributed by atoms with Crippen molar-refractivity contribution in [3.8, 4) is 0 Å². The lowest BCUT2D eigenvalue weighted by Crippen LogP contribution is -2.45. The van der Waals surface area contributed by atoms with Gasteiger partial charge in [-0.15, -0.1) is 0 Å². The van der Waals surface area contributed by atoms with Gasteiger partial charge in [-0.2, -0.15) is 0 Å². The molecule has 8 N–H and O–H groups in total. The minimum atomic E-state index is -4.82. The van der Waals surface area contributed by atoms with Gasteiger partial charge in [0.1, 0.15) is 49.1 Å². The van der Waals surface area contributed by atoms with E-state index in [1.807, 2.05) is 0 Å². The average Bonchev–Trinajstić information content (AvgIpc) is 3.38. The average molecular weight is 493 g/mol. The van der Waals surface area contributed by atoms with Gasteiger partial charge in [0.05, 0.1) is 25.6 Å². The van der Waals surface area contributed by atoms with Crippen LogP contribution in [0.2, 0.25) is 0 Å². The van der Waals surface area contributed by atoms with E-state index in [9.17, 15) is 34.7 Å². The summed E-state index contributed by atoms with van der Waals surface area (Å²) in [4.78, 5) is 33.5. The van der Waals surface area contributed by atoms with Crippen LogP contribution in [0, 0.1) is 0 Å². The van der Waals surface area contributed by atoms with Crippen molar-refractivity contribution in [1.29, 1.82) is 0 Å². The summed E-state index contributed by atoms with van der Waals surface area (Å²) in [6.07, 6.45) is -6.15. The second-order valence-electron chi connectivity index (χ2n) is 7.20. The second kappa shape index (κ2) is 10.4. The summed E-state index contributed by atoms with van der Waals surface area (Å²) in [6, 6.07) is 0. The van der Waals surface area contributed by atoms with Gasteiger partial charge >= 0.3 is 7.82 Å². The lowest BCUT2D eigenvalue weighted by Gasteiger charge is -2.21. The van der Waals surface area contributed by atoms with Gasteiger partial charge in [0.25, 0.3) is 0 Å². The summed E-state index contributed by atoms with van der Waals surface area (Å²) < 4.78 is 28.4. The molecule has 3 heterocycles. The third-order valence-corrected chi connectivity index (χ3v) is 5.84. The SMILES string of the molecule is Nc1ncnc2c1ncn2[C@H]1CC(O)[C@@H](COP(=O)(O)OCC(=O)[C@@H](O)[C@H](O)[C@H](O)CO)O1. The number of phosphoric acid groups is 1. The predicted octanol–water partition coefficient (Wildman–Crippen LogP) is -3.17. The molecule has 1 aliphatic rings. The number of aliphatic hydroxyl groups excluding tert-OH is 5. The molecule has 1 fully saturated rings. The fraction of sp³-hybridized carbons (Fsp3) is 0.625. The number of nitrogens with two attached hydrogens (primary N) is 1. The lowest BCUT2D eigenvalue weighted by molar-refractivity contribution is -0.142. The molecule has 7 atom stereocenters. The Morgan fingerprint density at radius 1 is 1.30 bits per heavy atom. The Labute approximate surface area is 185 Å². The first-order valence-corrected chi connectivity index (χ1v) is 11.1. The predicted molar refractivity (Wildman–Crippen MR) is 106 cm³/mol. The molecular formula is C16H24N5O11P. The number of phosphoric ester groups is 1. The van der Waals surface area contributed by atoms with Gasteiger partial charge in [0.15, 0.2) is 17.2 Å². The molecule has 3 rings (SSSR count). The number of hydrogen-bond acceptors (Lipinski definition) is 14. The molecular weight excluding hydrogens is 469 g/mol. The highest BCUT2D eigenvalue weighted by molar-refractivity contribution is 7.47. The van der Waals surface area contributed by atoms with Crippen LogP contribution in [0.15, 0.2) is 12.7 Å². The maximum atomic E-state index is 12.0. The van der Waals surface area contributed by atoms with Gasteiger partial charge in [-0.25, -0.2) is 19.5 Å². The first-order chi connectivity index (χ1) is 15.5. The van der Waals surface area contributed by atoms with E-state index in [0.29, 0.717) is 11.2 Å². The van der Waals surface area contributed by atoms with Crippen molar-refractivity contribution in [3.05, 3.63) is 12.7 Å². The Morgan fingerprint density at radius 2 is 2.03 bits per heavy atom. The molecule has 16 nitrogen and oxygen atoms in total. The molecule has 1 saturated heterocycles. The van der Waals surface area contributed by atoms with Gasteiger partial charge in [-0.3, -0.25) is 18.4 Å². The molecule has 2 aromatic rings. The summed E-state index contributed by atoms with van der Waals surface area (Å²) in [5.41, 5.74) is 6.44. The zero-order chi connectivity index (χ0) is 24.3. The number of imidazole rings is 1. The standard InChI is InChI=1S/C16H24N5O11P/c17-15-12-16(19-5-18-15)21(6-20-12)11-1-7(23)10(32-11)4-31-33(28,29)30-3-9(25)14(27)13(26)8(24)2-22/h5-8,10-11,13-14,22-24,26-27H,1-4H2,(H,28,29)(H2,17,18,19)/t7?,8-,10-,11-,13-,14-/m1/s1. The zero-order valence-electron chi connectivity index (χ0n) is 17.0. The van der Waals surface area contributed by atoms with Gasteiger partial charge in [0, 0.05) is 6.42 Å². The van der Waals surface area contributed by atoms with Crippen molar-refractivity contribution in [2.75, 3.05) is 25.6 Å². The van der Waals surface area contributed by atoms with Gasteiger partial charge in [0.2, 0.25) is 0 Å². The first-order valence-electron chi connectivity index (χ1n) is 9.60. The molecule has 184 valence electrons. The van der Waals surface area contributed by atoms with Gasteiger partial charge in [-0.1, -0.05) is 0 Å². The molecule has 0 bridgehead atoms. The minimum absolute atomic E-state index is 0.0791. The third-order valence-electron chi connectivity index (χ3n) is 4.91. The van der Waals surface area contributed by atoms with Crippen molar-refractivity contribution < 1.29 is 53.6 Å². The largest absolute Gasteiger partial charge is 0.472 e. The van der Waals surface area contributed by atoms with E-state index in [0.717, 1.165) is 0 Å². The Balaban J connectivity index is 1.53. The molecule has 1 aliphatic heterocycles. The Hall–Kier alpha value is -2.11. The Morgan fingerprint density at radius 3 is 2.73 bits per heavy atom. The van der Waals surface area contributed by atoms with E-state index < -0.39 is 70.2 Å². The van der Waals surface area contributed by atoms with Crippen LogP contribution in [0.4, 0.5) is 5.82 Å². The lowest BCUT2D eigenvalue weighted by atomic mass is 10.1. The number of aliphatic hydroxyl groups is 5. The van der Waals surface area contributed by atoms with E-state index in [4.69, 9.17) is 20.1 Å². The van der Waals surface area contributed by atoms with Crippen molar-refractivity contribution in [2.45, 2.75) is 43.2 Å². The summed E-state index contributed by atoms with van der Waals surface area (Å²) in [6.45, 7) is -2.64. The fourth-order valence-corrected chi connectivity index (χ4v) is 3.76. The van der Waals surface area contributed by atoms with E-state index in [2.05, 4.69) is 19.5 Å². The smallest absolute Gasteiger partial charge is 0.394 e. The fourth-order valence-electron chi connectivity index (χ4n) is 3.06. The number of anilines is 1. The maximum absolute atomic E-state index is 12.0. The number of aromatic nitrogens is 4. The molecule has 0 aliphatic carbocycles. The monoisotopic (exact) mass is 493 g/mol. The first kappa shape index (κ1) is 25.5. The summed E-state index contributed by atoms with van der Waals surface area (Å²) in [5.74, 6) is -1.08. The maximum Gasteiger partial charge on any atom is 0.472 e. The number of Topliss-reactive ketones (excluding diaryl/α,β-unsaturated/α-hetero) is 1. The van der Waals surface area contributed by atoms with Crippen LogP contribution in [0.1, 0.15) is 12.6 Å². The van der Waals surface area contributed by atoms with Crippen LogP contribution in [0.25, 0.3) is 11.2 Å². The summed E-state index contributed by atoms with van der Waals surface area (Å²) >= 11 is 0. The number of carbonyl (C=O) groups excluding carboxylic acids is 1. The number of nitrogens with zero attached hydrogens (tertiary/aromatic N) is 4. The van der Waals surface area contributed by atoms with Crippen molar-refractivity contribution in [3.63, 3.8) is 0 Å². The normalized spacial score (nSPS) is 25.6. The van der Waals surface area contributed by atoms with Crippen LogP contribution in [-0.2, 0) is 23.1 Å². The van der Waals surface area contributed by atoms with Crippen molar-refractivity contribution in [2.24, 2.45) is 0 Å².